The number of benzene rings is 1. The lowest BCUT2D eigenvalue weighted by Gasteiger charge is -2.24. The van der Waals surface area contributed by atoms with Crippen LogP contribution in [0.4, 0.5) is 0 Å². The average Bonchev–Trinajstić information content (AvgIpc) is 2.87. The Bertz CT molecular complexity index is 501. The zero-order valence-electron chi connectivity index (χ0n) is 12.5. The van der Waals surface area contributed by atoms with Crippen molar-refractivity contribution in [3.63, 3.8) is 0 Å². The van der Waals surface area contributed by atoms with Gasteiger partial charge in [-0.2, -0.15) is 0 Å². The van der Waals surface area contributed by atoms with E-state index in [1.165, 1.54) is 16.7 Å². The second kappa shape index (κ2) is 5.64. The third kappa shape index (κ3) is 3.28. The molecule has 0 bridgehead atoms. The van der Waals surface area contributed by atoms with E-state index in [4.69, 9.17) is 4.74 Å². The molecule has 2 rings (SSSR count). The quantitative estimate of drug-likeness (QED) is 0.751. The summed E-state index contributed by atoms with van der Waals surface area (Å²) in [7, 11) is 1.78. The zero-order valence-corrected chi connectivity index (χ0v) is 12.5. The van der Waals surface area contributed by atoms with Gasteiger partial charge in [0, 0.05) is 0 Å². The lowest BCUT2D eigenvalue weighted by atomic mass is 9.84. The summed E-state index contributed by atoms with van der Waals surface area (Å²) in [5, 5.41) is 0. The molecule has 0 amide bonds. The number of hydrogen-bond acceptors (Lipinski definition) is 1. The van der Waals surface area contributed by atoms with Crippen molar-refractivity contribution in [2.75, 3.05) is 7.11 Å². The Morgan fingerprint density at radius 2 is 1.95 bits per heavy atom. The van der Waals surface area contributed by atoms with Crippen LogP contribution in [0.2, 0.25) is 0 Å². The first-order valence-electron chi connectivity index (χ1n) is 7.03. The summed E-state index contributed by atoms with van der Waals surface area (Å²) in [6.45, 7) is 6.70. The monoisotopic (exact) mass is 256 g/mol. The lowest BCUT2D eigenvalue weighted by Crippen LogP contribution is -2.13. The standard InChI is InChI=1S/C18H24O/c1-18(2,3)16-11-7-10-15(17(16)19-4)13-12-14-8-5-6-9-14/h5-8,10-11H,9,12-13H2,1-4H3. The molecule has 1 heteroatoms. The van der Waals surface area contributed by atoms with Gasteiger partial charge < -0.3 is 4.74 Å². The highest BCUT2D eigenvalue weighted by Crippen LogP contribution is 2.35. The third-order valence-corrected chi connectivity index (χ3v) is 3.67. The van der Waals surface area contributed by atoms with Crippen molar-refractivity contribution in [2.45, 2.75) is 45.4 Å². The molecule has 1 aromatic rings. The van der Waals surface area contributed by atoms with Crippen LogP contribution in [-0.2, 0) is 11.8 Å². The van der Waals surface area contributed by atoms with E-state index in [1.54, 1.807) is 7.11 Å². The molecular formula is C18H24O. The molecule has 0 aromatic heterocycles. The number of allylic oxidation sites excluding steroid dienone is 4. The Morgan fingerprint density at radius 3 is 2.53 bits per heavy atom. The third-order valence-electron chi connectivity index (χ3n) is 3.67. The summed E-state index contributed by atoms with van der Waals surface area (Å²) in [4.78, 5) is 0. The molecule has 0 unspecified atom stereocenters. The Labute approximate surface area is 117 Å². The van der Waals surface area contributed by atoms with Gasteiger partial charge >= 0.3 is 0 Å². The molecule has 0 heterocycles. The van der Waals surface area contributed by atoms with Crippen LogP contribution in [0, 0.1) is 0 Å². The summed E-state index contributed by atoms with van der Waals surface area (Å²) < 4.78 is 5.68. The maximum absolute atomic E-state index is 5.68. The molecule has 0 aliphatic heterocycles. The van der Waals surface area contributed by atoms with Crippen LogP contribution in [0.15, 0.2) is 42.0 Å². The molecule has 0 saturated carbocycles. The predicted octanol–water partition coefficient (Wildman–Crippen LogP) is 4.81. The van der Waals surface area contributed by atoms with Gasteiger partial charge in [0.1, 0.15) is 5.75 Å². The van der Waals surface area contributed by atoms with Crippen LogP contribution < -0.4 is 4.74 Å². The van der Waals surface area contributed by atoms with Gasteiger partial charge in [-0.3, -0.25) is 0 Å². The smallest absolute Gasteiger partial charge is 0.125 e. The fourth-order valence-electron chi connectivity index (χ4n) is 2.59. The molecule has 19 heavy (non-hydrogen) atoms. The minimum absolute atomic E-state index is 0.121. The van der Waals surface area contributed by atoms with Crippen molar-refractivity contribution in [1.82, 2.24) is 0 Å². The molecule has 0 atom stereocenters. The maximum atomic E-state index is 5.68. The molecule has 0 N–H and O–H groups in total. The summed E-state index contributed by atoms with van der Waals surface area (Å²) in [5.41, 5.74) is 4.26. The first-order valence-corrected chi connectivity index (χ1v) is 7.03. The summed E-state index contributed by atoms with van der Waals surface area (Å²) in [5.74, 6) is 1.07. The van der Waals surface area contributed by atoms with Crippen LogP contribution in [0.3, 0.4) is 0 Å². The fourth-order valence-corrected chi connectivity index (χ4v) is 2.59. The van der Waals surface area contributed by atoms with E-state index in [2.05, 4.69) is 57.2 Å². The van der Waals surface area contributed by atoms with Gasteiger partial charge in [0.25, 0.3) is 0 Å². The fraction of sp³-hybridized carbons (Fsp3) is 0.444. The van der Waals surface area contributed by atoms with Gasteiger partial charge in [-0.25, -0.2) is 0 Å². The summed E-state index contributed by atoms with van der Waals surface area (Å²) >= 11 is 0. The SMILES string of the molecule is COc1c(CCC2=CC=CC2)cccc1C(C)(C)C. The minimum Gasteiger partial charge on any atom is -0.496 e. The van der Waals surface area contributed by atoms with E-state index < -0.39 is 0 Å². The van der Waals surface area contributed by atoms with Crippen molar-refractivity contribution in [2.24, 2.45) is 0 Å². The molecule has 0 fully saturated rings. The topological polar surface area (TPSA) is 9.23 Å². The van der Waals surface area contributed by atoms with Crippen LogP contribution in [-0.4, -0.2) is 7.11 Å². The number of para-hydroxylation sites is 1. The average molecular weight is 256 g/mol. The number of ether oxygens (including phenoxy) is 1. The van der Waals surface area contributed by atoms with Crippen LogP contribution >= 0.6 is 0 Å². The van der Waals surface area contributed by atoms with Gasteiger partial charge in [0.15, 0.2) is 0 Å². The molecule has 1 aromatic carbocycles. The first kappa shape index (κ1) is 13.9. The second-order valence-electron chi connectivity index (χ2n) is 6.21. The van der Waals surface area contributed by atoms with Crippen molar-refractivity contribution in [1.29, 1.82) is 0 Å². The van der Waals surface area contributed by atoms with Gasteiger partial charge in [0.2, 0.25) is 0 Å². The van der Waals surface area contributed by atoms with Crippen molar-refractivity contribution >= 4 is 0 Å². The normalized spacial score (nSPS) is 14.6. The number of aryl methyl sites for hydroxylation is 1. The largest absolute Gasteiger partial charge is 0.496 e. The number of rotatable bonds is 4. The van der Waals surface area contributed by atoms with Crippen LogP contribution in [0.1, 0.15) is 44.7 Å². The molecular weight excluding hydrogens is 232 g/mol. The highest BCUT2D eigenvalue weighted by Gasteiger charge is 2.20. The summed E-state index contributed by atoms with van der Waals surface area (Å²) in [6, 6.07) is 6.52. The minimum atomic E-state index is 0.121. The van der Waals surface area contributed by atoms with E-state index in [-0.39, 0.29) is 5.41 Å². The lowest BCUT2D eigenvalue weighted by molar-refractivity contribution is 0.392. The van der Waals surface area contributed by atoms with Crippen LogP contribution in [0.5, 0.6) is 5.75 Å². The number of hydrogen-bond donors (Lipinski definition) is 0. The van der Waals surface area contributed by atoms with E-state index in [0.29, 0.717) is 0 Å². The summed E-state index contributed by atoms with van der Waals surface area (Å²) in [6.07, 6.45) is 9.90. The second-order valence-corrected chi connectivity index (χ2v) is 6.21. The maximum Gasteiger partial charge on any atom is 0.125 e. The van der Waals surface area contributed by atoms with Gasteiger partial charge in [0.05, 0.1) is 7.11 Å². The number of methoxy groups -OCH3 is 1. The molecule has 1 aliphatic rings. The van der Waals surface area contributed by atoms with E-state index in [9.17, 15) is 0 Å². The highest BCUT2D eigenvalue weighted by molar-refractivity contribution is 5.45. The van der Waals surface area contributed by atoms with E-state index >= 15 is 0 Å². The Hall–Kier alpha value is -1.50. The van der Waals surface area contributed by atoms with Gasteiger partial charge in [-0.05, 0) is 35.8 Å². The van der Waals surface area contributed by atoms with E-state index in [1.807, 2.05) is 0 Å². The molecule has 1 aliphatic carbocycles. The molecule has 0 saturated heterocycles. The Kier molecular flexibility index (Phi) is 4.14. The van der Waals surface area contributed by atoms with Crippen molar-refractivity contribution in [3.05, 3.63) is 53.1 Å². The first-order chi connectivity index (χ1) is 9.02. The molecule has 1 nitrogen and oxygen atoms in total. The van der Waals surface area contributed by atoms with Crippen molar-refractivity contribution < 1.29 is 4.74 Å². The van der Waals surface area contributed by atoms with Gasteiger partial charge in [-0.15, -0.1) is 0 Å². The Morgan fingerprint density at radius 1 is 1.16 bits per heavy atom. The van der Waals surface area contributed by atoms with Gasteiger partial charge in [-0.1, -0.05) is 62.8 Å². The zero-order chi connectivity index (χ0) is 13.9. The Balaban J connectivity index is 2.20. The molecule has 102 valence electrons. The van der Waals surface area contributed by atoms with Crippen LogP contribution in [0.25, 0.3) is 0 Å². The predicted molar refractivity (Wildman–Crippen MR) is 81.9 cm³/mol. The van der Waals surface area contributed by atoms with Crippen molar-refractivity contribution in [3.8, 4) is 5.75 Å². The highest BCUT2D eigenvalue weighted by atomic mass is 16.5. The molecule has 0 spiro atoms. The molecule has 0 radical (unpaired) electrons. The van der Waals surface area contributed by atoms with E-state index in [0.717, 1.165) is 25.0 Å².